The second-order valence-electron chi connectivity index (χ2n) is 18.3. The topological polar surface area (TPSA) is 284 Å². The lowest BCUT2D eigenvalue weighted by Gasteiger charge is -2.12. The van der Waals surface area contributed by atoms with Crippen molar-refractivity contribution in [2.24, 2.45) is 0 Å². The van der Waals surface area contributed by atoms with Crippen LogP contribution in [0.25, 0.3) is 0 Å². The molecule has 0 amide bonds. The van der Waals surface area contributed by atoms with Gasteiger partial charge in [0.15, 0.2) is 6.26 Å². The van der Waals surface area contributed by atoms with Crippen LogP contribution >= 0.6 is 0 Å². The van der Waals surface area contributed by atoms with Crippen LogP contribution in [-0.4, -0.2) is 108 Å². The zero-order chi connectivity index (χ0) is 66.3. The summed E-state index contributed by atoms with van der Waals surface area (Å²) in [6.07, 6.45) is 5.27. The number of carbonyl (C=O) groups excluding carboxylic acids is 8. The maximum atomic E-state index is 12.6. The van der Waals surface area contributed by atoms with Crippen molar-refractivity contribution >= 4 is 48.1 Å². The van der Waals surface area contributed by atoms with E-state index in [-0.39, 0.29) is 67.3 Å². The Morgan fingerprint density at radius 3 is 1.16 bits per heavy atom. The van der Waals surface area contributed by atoms with E-state index in [1.165, 1.54) is 73.0 Å². The normalized spacial score (nSPS) is 10.1. The van der Waals surface area contributed by atoms with Crippen molar-refractivity contribution in [3.8, 4) is 51.7 Å². The molecule has 0 aliphatic heterocycles. The molecule has 0 N–H and O–H groups in total. The van der Waals surface area contributed by atoms with Crippen LogP contribution in [0.15, 0.2) is 190 Å². The molecule has 0 unspecified atom stereocenters. The van der Waals surface area contributed by atoms with E-state index in [0.717, 1.165) is 42.4 Å². The predicted molar refractivity (Wildman–Crippen MR) is 327 cm³/mol. The van der Waals surface area contributed by atoms with Crippen LogP contribution in [0.1, 0.15) is 67.9 Å². The molecule has 0 aliphatic rings. The van der Waals surface area contributed by atoms with Crippen LogP contribution in [0.2, 0.25) is 0 Å². The monoisotopic (exact) mass is 1270 g/mol. The van der Waals surface area contributed by atoms with E-state index in [9.17, 15) is 38.4 Å². The standard InChI is InChI=1S/C35H38O10.C33H28O14/c1-4-20-43-44-24-9-8-22-39-30-14-16-31(17-15-30)41-26-42-33-19-18-32(25-27(33)3)45-35(37)28-10-12-29(13-11-28)38-21-6-7-23-40-34(36)5-2;1-4-28(34)40-16-18-42-32(38)45-24-10-6-22(7-11-24)30(36)44-26-14-15-27(21(3)20-26)47-31(37)23-8-12-25(13-9-23)46-33(39)43-19-17-41-29(35)5-2/h5,10-20,25H,1-2,6-9,21-24,26H2,3H3;4-15,20H,1-2,16-19H2,3H3. The average molecular weight is 1270 g/mol. The van der Waals surface area contributed by atoms with E-state index < -0.39 is 48.1 Å². The highest BCUT2D eigenvalue weighted by Crippen LogP contribution is 2.28. The highest BCUT2D eigenvalue weighted by Gasteiger charge is 2.17. The van der Waals surface area contributed by atoms with Gasteiger partial charge in [0.1, 0.15) is 78.2 Å². The summed E-state index contributed by atoms with van der Waals surface area (Å²) in [5.74, 6) is -0.0533. The molecule has 6 rings (SSSR count). The number of unbranched alkanes of at least 4 members (excludes halogenated alkanes) is 2. The SMILES string of the molecule is C=C=COOCCCCOc1ccc(OCOc2ccc(OC(=O)c3ccc(OCCCCOC(=O)C=C)cc3)cc2C)cc1.C=CC(=O)OCCOC(=O)Oc1ccc(C(=O)Oc2ccc(OC(=O)c3ccc(OC(=O)OCCOC(=O)C=C)cc3)c(C)c2)cc1. The summed E-state index contributed by atoms with van der Waals surface area (Å²) in [7, 11) is 0. The van der Waals surface area contributed by atoms with E-state index in [1.807, 2.05) is 19.1 Å². The van der Waals surface area contributed by atoms with Crippen molar-refractivity contribution < 1.29 is 114 Å². The summed E-state index contributed by atoms with van der Waals surface area (Å²) >= 11 is 0. The van der Waals surface area contributed by atoms with Crippen LogP contribution in [0, 0.1) is 13.8 Å². The van der Waals surface area contributed by atoms with Crippen molar-refractivity contribution in [3.05, 3.63) is 218 Å². The lowest BCUT2D eigenvalue weighted by Crippen LogP contribution is -2.16. The fourth-order valence-electron chi connectivity index (χ4n) is 7.04. The Bertz CT molecular complexity index is 3480. The van der Waals surface area contributed by atoms with Crippen molar-refractivity contribution in [1.82, 2.24) is 0 Å². The third kappa shape index (κ3) is 27.2. The molecule has 0 heterocycles. The summed E-state index contributed by atoms with van der Waals surface area (Å²) in [5.41, 5.74) is 4.43. The summed E-state index contributed by atoms with van der Waals surface area (Å²) < 4.78 is 73.0. The molecule has 24 nitrogen and oxygen atoms in total. The molecule has 6 aromatic rings. The van der Waals surface area contributed by atoms with Gasteiger partial charge < -0.3 is 71.2 Å². The summed E-state index contributed by atoms with van der Waals surface area (Å²) in [5, 5.41) is 0. The average Bonchev–Trinajstić information content (AvgIpc) is 1.02. The number of aryl methyl sites for hydroxylation is 2. The Morgan fingerprint density at radius 1 is 0.370 bits per heavy atom. The number of hydrogen-bond donors (Lipinski definition) is 0. The summed E-state index contributed by atoms with van der Waals surface area (Å²) in [6, 6.07) is 34.4. The first-order valence-corrected chi connectivity index (χ1v) is 28.0. The Labute approximate surface area is 529 Å². The lowest BCUT2D eigenvalue weighted by molar-refractivity contribution is -0.249. The van der Waals surface area contributed by atoms with Crippen LogP contribution in [0.5, 0.6) is 51.7 Å². The third-order valence-electron chi connectivity index (χ3n) is 11.6. The smallest absolute Gasteiger partial charge is 0.494 e. The quantitative estimate of drug-likeness (QED) is 0.00305. The van der Waals surface area contributed by atoms with Gasteiger partial charge in [-0.2, -0.15) is 4.89 Å². The Morgan fingerprint density at radius 2 is 0.728 bits per heavy atom. The molecule has 0 aliphatic carbocycles. The maximum absolute atomic E-state index is 12.6. The lowest BCUT2D eigenvalue weighted by atomic mass is 10.2. The van der Waals surface area contributed by atoms with Crippen molar-refractivity contribution in [2.75, 3.05) is 59.6 Å². The molecule has 0 aromatic heterocycles. The van der Waals surface area contributed by atoms with Crippen molar-refractivity contribution in [3.63, 3.8) is 0 Å². The van der Waals surface area contributed by atoms with E-state index >= 15 is 0 Å². The Balaban J connectivity index is 0.000000334. The molecule has 0 saturated heterocycles. The molecule has 0 radical (unpaired) electrons. The number of benzene rings is 6. The number of rotatable bonds is 35. The van der Waals surface area contributed by atoms with Crippen LogP contribution in [0.3, 0.4) is 0 Å². The van der Waals surface area contributed by atoms with Crippen molar-refractivity contribution in [2.45, 2.75) is 39.5 Å². The van der Waals surface area contributed by atoms with Crippen molar-refractivity contribution in [1.29, 1.82) is 0 Å². The number of ether oxygens (including phenoxy) is 14. The molecule has 0 bridgehead atoms. The second kappa shape index (κ2) is 40.0. The van der Waals surface area contributed by atoms with E-state index in [1.54, 1.807) is 61.5 Å². The van der Waals surface area contributed by atoms with Gasteiger partial charge in [-0.15, -0.1) is 0 Å². The van der Waals surface area contributed by atoms with Gasteiger partial charge in [-0.05, 0) is 184 Å². The van der Waals surface area contributed by atoms with Gasteiger partial charge in [0, 0.05) is 18.2 Å². The zero-order valence-corrected chi connectivity index (χ0v) is 50.3. The minimum absolute atomic E-state index is 0.000471. The fraction of sp³-hybridized carbons (Fsp3) is 0.221. The highest BCUT2D eigenvalue weighted by atomic mass is 17.2. The molecule has 24 heteroatoms. The molecule has 482 valence electrons. The minimum atomic E-state index is -1.03. The Hall–Kier alpha value is -11.6. The van der Waals surface area contributed by atoms with Gasteiger partial charge in [-0.25, -0.2) is 38.4 Å². The molecule has 0 spiro atoms. The highest BCUT2D eigenvalue weighted by molar-refractivity contribution is 5.93. The molecule has 92 heavy (non-hydrogen) atoms. The van der Waals surface area contributed by atoms with Gasteiger partial charge in [0.2, 0.25) is 6.79 Å². The number of carbonyl (C=O) groups is 8. The molecule has 6 aromatic carbocycles. The van der Waals surface area contributed by atoms with Gasteiger partial charge >= 0.3 is 48.1 Å². The maximum Gasteiger partial charge on any atom is 0.513 e. The second-order valence-corrected chi connectivity index (χ2v) is 18.3. The van der Waals surface area contributed by atoms with E-state index in [0.29, 0.717) is 73.4 Å². The van der Waals surface area contributed by atoms with Gasteiger partial charge in [0.05, 0.1) is 43.1 Å². The minimum Gasteiger partial charge on any atom is -0.494 e. The first-order valence-electron chi connectivity index (χ1n) is 28.0. The Kier molecular flexibility index (Phi) is 30.9. The first-order chi connectivity index (χ1) is 44.5. The summed E-state index contributed by atoms with van der Waals surface area (Å²) in [6.45, 7) is 17.7. The number of esters is 6. The van der Waals surface area contributed by atoms with E-state index in [4.69, 9.17) is 66.6 Å². The van der Waals surface area contributed by atoms with Crippen LogP contribution < -0.4 is 42.6 Å². The number of hydrogen-bond acceptors (Lipinski definition) is 24. The predicted octanol–water partition coefficient (Wildman–Crippen LogP) is 11.8. The van der Waals surface area contributed by atoms with Crippen LogP contribution in [0.4, 0.5) is 9.59 Å². The van der Waals surface area contributed by atoms with Gasteiger partial charge in [-0.1, -0.05) is 32.0 Å². The largest absolute Gasteiger partial charge is 0.513 e. The fourth-order valence-corrected chi connectivity index (χ4v) is 7.04. The molecule has 0 saturated carbocycles. The third-order valence-corrected chi connectivity index (χ3v) is 11.6. The molecule has 0 fully saturated rings. The van der Waals surface area contributed by atoms with Gasteiger partial charge in [0.25, 0.3) is 0 Å². The van der Waals surface area contributed by atoms with Crippen LogP contribution in [-0.2, 0) is 47.8 Å². The van der Waals surface area contributed by atoms with Gasteiger partial charge in [-0.3, -0.25) is 0 Å². The zero-order valence-electron chi connectivity index (χ0n) is 50.3. The molecular formula is C68H66O24. The molecular weight excluding hydrogens is 1200 g/mol. The first kappa shape index (κ1) is 71.1. The van der Waals surface area contributed by atoms with E-state index in [2.05, 4.69) is 41.5 Å². The molecule has 0 atom stereocenters. The summed E-state index contributed by atoms with van der Waals surface area (Å²) in [4.78, 5) is 104.